The van der Waals surface area contributed by atoms with Crippen molar-refractivity contribution in [3.8, 4) is 0 Å². The predicted octanol–water partition coefficient (Wildman–Crippen LogP) is 2.03. The molecule has 1 fully saturated rings. The van der Waals surface area contributed by atoms with Gasteiger partial charge in [0.05, 0.1) is 5.52 Å². The number of pyridine rings is 1. The summed E-state index contributed by atoms with van der Waals surface area (Å²) in [6.45, 7) is 4.00. The highest BCUT2D eigenvalue weighted by Gasteiger charge is 2.21. The van der Waals surface area contributed by atoms with Crippen LogP contribution >= 0.6 is 23.2 Å². The zero-order chi connectivity index (χ0) is 13.6. The van der Waals surface area contributed by atoms with E-state index in [2.05, 4.69) is 26.8 Å². The number of aryl methyl sites for hydroxylation is 1. The molecule has 1 aliphatic heterocycles. The van der Waals surface area contributed by atoms with Crippen molar-refractivity contribution in [3.05, 3.63) is 16.4 Å². The summed E-state index contributed by atoms with van der Waals surface area (Å²) < 4.78 is 2.03. The molecule has 0 aromatic carbocycles. The zero-order valence-electron chi connectivity index (χ0n) is 10.9. The summed E-state index contributed by atoms with van der Waals surface area (Å²) in [7, 11) is 4.11. The van der Waals surface area contributed by atoms with Crippen molar-refractivity contribution in [1.82, 2.24) is 19.4 Å². The predicted molar refractivity (Wildman–Crippen MR) is 78.2 cm³/mol. The minimum Gasteiger partial charge on any atom is -0.340 e. The first kappa shape index (κ1) is 13.0. The second-order valence-corrected chi connectivity index (χ2v) is 5.61. The van der Waals surface area contributed by atoms with Crippen molar-refractivity contribution in [1.29, 1.82) is 0 Å². The Morgan fingerprint density at radius 1 is 1.05 bits per heavy atom. The lowest BCUT2D eigenvalue weighted by atomic mass is 10.3. The molecular weight excluding hydrogens is 285 g/mol. The number of aromatic nitrogens is 3. The molecule has 2 aromatic rings. The zero-order valence-corrected chi connectivity index (χ0v) is 12.4. The molecule has 0 bridgehead atoms. The third kappa shape index (κ3) is 2.26. The van der Waals surface area contributed by atoms with Crippen LogP contribution in [0.3, 0.4) is 0 Å². The van der Waals surface area contributed by atoms with Gasteiger partial charge < -0.3 is 14.4 Å². The number of anilines is 1. The average molecular weight is 300 g/mol. The number of halogens is 2. The third-order valence-corrected chi connectivity index (χ3v) is 4.02. The lowest BCUT2D eigenvalue weighted by Gasteiger charge is -2.32. The summed E-state index contributed by atoms with van der Waals surface area (Å²) in [4.78, 5) is 13.2. The van der Waals surface area contributed by atoms with Crippen LogP contribution in [0.15, 0.2) is 6.07 Å². The van der Waals surface area contributed by atoms with Gasteiger partial charge in [-0.2, -0.15) is 0 Å². The Morgan fingerprint density at radius 2 is 1.74 bits per heavy atom. The maximum Gasteiger partial charge on any atom is 0.206 e. The Balaban J connectivity index is 2.05. The summed E-state index contributed by atoms with van der Waals surface area (Å²) in [6, 6.07) is 1.80. The molecule has 1 saturated heterocycles. The third-order valence-electron chi connectivity index (χ3n) is 3.56. The first-order chi connectivity index (χ1) is 9.06. The van der Waals surface area contributed by atoms with Crippen molar-refractivity contribution in [3.63, 3.8) is 0 Å². The highest BCUT2D eigenvalue weighted by atomic mass is 35.5. The Kier molecular flexibility index (Phi) is 3.28. The van der Waals surface area contributed by atoms with Gasteiger partial charge in [-0.15, -0.1) is 0 Å². The molecule has 3 rings (SSSR count). The molecule has 19 heavy (non-hydrogen) atoms. The first-order valence-corrected chi connectivity index (χ1v) is 6.94. The number of fused-ring (bicyclic) bond motifs is 1. The number of likely N-dealkylation sites (N-methyl/N-ethyl adjacent to an activating group) is 1. The van der Waals surface area contributed by atoms with Crippen LogP contribution in [0.1, 0.15) is 0 Å². The molecular formula is C12H15Cl2N5. The molecule has 0 N–H and O–H groups in total. The van der Waals surface area contributed by atoms with Crippen LogP contribution in [0, 0.1) is 0 Å². The molecule has 0 aliphatic carbocycles. The lowest BCUT2D eigenvalue weighted by molar-refractivity contribution is 0.310. The average Bonchev–Trinajstić information content (AvgIpc) is 2.69. The summed E-state index contributed by atoms with van der Waals surface area (Å²) in [6.07, 6.45) is 0. The van der Waals surface area contributed by atoms with E-state index in [0.717, 1.165) is 37.6 Å². The fourth-order valence-electron chi connectivity index (χ4n) is 2.40. The van der Waals surface area contributed by atoms with Gasteiger partial charge in [0.25, 0.3) is 0 Å². The fraction of sp³-hybridized carbons (Fsp3) is 0.500. The van der Waals surface area contributed by atoms with E-state index in [1.807, 2.05) is 11.6 Å². The quantitative estimate of drug-likeness (QED) is 0.755. The minimum atomic E-state index is 0.360. The summed E-state index contributed by atoms with van der Waals surface area (Å²) >= 11 is 12.1. The largest absolute Gasteiger partial charge is 0.340 e. The molecule has 0 radical (unpaired) electrons. The van der Waals surface area contributed by atoms with E-state index >= 15 is 0 Å². The summed E-state index contributed by atoms with van der Waals surface area (Å²) in [5, 5.41) is 0.754. The molecule has 0 unspecified atom stereocenters. The maximum absolute atomic E-state index is 6.11. The standard InChI is InChI=1S/C12H15Cl2N5/c1-17-3-5-19(6-4-17)12-16-10-8(18(12)2)7-9(13)15-11(10)14/h7H,3-6H2,1-2H3. The SMILES string of the molecule is CN1CCN(c2nc3c(Cl)nc(Cl)cc3n2C)CC1. The van der Waals surface area contributed by atoms with Crippen molar-refractivity contribution in [2.45, 2.75) is 0 Å². The highest BCUT2D eigenvalue weighted by molar-refractivity contribution is 6.36. The minimum absolute atomic E-state index is 0.360. The monoisotopic (exact) mass is 299 g/mol. The van der Waals surface area contributed by atoms with Crippen LogP contribution in [-0.2, 0) is 7.05 Å². The maximum atomic E-state index is 6.11. The number of imidazole rings is 1. The molecule has 102 valence electrons. The van der Waals surface area contributed by atoms with E-state index in [1.165, 1.54) is 0 Å². The Bertz CT molecular complexity index is 616. The molecule has 3 heterocycles. The molecule has 2 aromatic heterocycles. The van der Waals surface area contributed by atoms with Gasteiger partial charge in [-0.1, -0.05) is 23.2 Å². The van der Waals surface area contributed by atoms with Crippen LogP contribution in [0.2, 0.25) is 10.3 Å². The highest BCUT2D eigenvalue weighted by Crippen LogP contribution is 2.28. The number of piperazine rings is 1. The van der Waals surface area contributed by atoms with Gasteiger partial charge in [-0.3, -0.25) is 0 Å². The Labute approximate surface area is 121 Å². The molecule has 0 amide bonds. The fourth-order valence-corrected chi connectivity index (χ4v) is 2.86. The Hall–Kier alpha value is -1.04. The van der Waals surface area contributed by atoms with Crippen molar-refractivity contribution in [2.75, 3.05) is 38.1 Å². The van der Waals surface area contributed by atoms with Crippen molar-refractivity contribution in [2.24, 2.45) is 7.05 Å². The molecule has 7 heteroatoms. The second-order valence-electron chi connectivity index (χ2n) is 4.86. The van der Waals surface area contributed by atoms with Gasteiger partial charge in [0.1, 0.15) is 10.7 Å². The van der Waals surface area contributed by atoms with E-state index < -0.39 is 0 Å². The van der Waals surface area contributed by atoms with Crippen LogP contribution in [0.25, 0.3) is 11.0 Å². The molecule has 0 spiro atoms. The molecule has 0 saturated carbocycles. The van der Waals surface area contributed by atoms with Gasteiger partial charge in [-0.05, 0) is 7.05 Å². The summed E-state index contributed by atoms with van der Waals surface area (Å²) in [5.41, 5.74) is 1.63. The van der Waals surface area contributed by atoms with Crippen molar-refractivity contribution >= 4 is 40.2 Å². The van der Waals surface area contributed by atoms with E-state index in [-0.39, 0.29) is 0 Å². The van der Waals surface area contributed by atoms with Crippen LogP contribution in [-0.4, -0.2) is 52.7 Å². The van der Waals surface area contributed by atoms with E-state index in [4.69, 9.17) is 23.2 Å². The van der Waals surface area contributed by atoms with E-state index in [0.29, 0.717) is 15.8 Å². The first-order valence-electron chi connectivity index (χ1n) is 6.18. The van der Waals surface area contributed by atoms with Gasteiger partial charge >= 0.3 is 0 Å². The molecule has 5 nitrogen and oxygen atoms in total. The Morgan fingerprint density at radius 3 is 2.42 bits per heavy atom. The molecule has 0 atom stereocenters. The van der Waals surface area contributed by atoms with Crippen LogP contribution < -0.4 is 4.90 Å². The lowest BCUT2D eigenvalue weighted by Crippen LogP contribution is -2.45. The van der Waals surface area contributed by atoms with Crippen LogP contribution in [0.4, 0.5) is 5.95 Å². The molecule has 1 aliphatic rings. The number of rotatable bonds is 1. The smallest absolute Gasteiger partial charge is 0.206 e. The topological polar surface area (TPSA) is 37.2 Å². The van der Waals surface area contributed by atoms with Gasteiger partial charge in [0.2, 0.25) is 5.95 Å². The second kappa shape index (κ2) is 4.81. The van der Waals surface area contributed by atoms with E-state index in [9.17, 15) is 0 Å². The van der Waals surface area contributed by atoms with Gasteiger partial charge in [0.15, 0.2) is 5.15 Å². The van der Waals surface area contributed by atoms with E-state index in [1.54, 1.807) is 6.07 Å². The van der Waals surface area contributed by atoms with Crippen LogP contribution in [0.5, 0.6) is 0 Å². The van der Waals surface area contributed by atoms with Gasteiger partial charge in [-0.25, -0.2) is 9.97 Å². The number of hydrogen-bond donors (Lipinski definition) is 0. The van der Waals surface area contributed by atoms with Crippen molar-refractivity contribution < 1.29 is 0 Å². The summed E-state index contributed by atoms with van der Waals surface area (Å²) in [5.74, 6) is 0.925. The number of nitrogens with zero attached hydrogens (tertiary/aromatic N) is 5. The van der Waals surface area contributed by atoms with Gasteiger partial charge in [0, 0.05) is 39.3 Å². The normalized spacial score (nSPS) is 17.4. The number of hydrogen-bond acceptors (Lipinski definition) is 4.